The van der Waals surface area contributed by atoms with E-state index < -0.39 is 17.1 Å². The van der Waals surface area contributed by atoms with Gasteiger partial charge < -0.3 is 0 Å². The van der Waals surface area contributed by atoms with E-state index in [2.05, 4.69) is 15.9 Å². The van der Waals surface area contributed by atoms with Crippen LogP contribution in [0.25, 0.3) is 0 Å². The molecular weight excluding hydrogens is 543 g/mol. The maximum Gasteiger partial charge on any atom is 0.282 e. The van der Waals surface area contributed by atoms with Crippen molar-refractivity contribution in [2.45, 2.75) is 4.90 Å². The minimum Gasteiger partial charge on any atom is -0.270 e. The van der Waals surface area contributed by atoms with E-state index in [0.717, 1.165) is 22.0 Å². The Morgan fingerprint density at radius 3 is 1.44 bits per heavy atom. The first-order chi connectivity index (χ1) is 19.0. The van der Waals surface area contributed by atoms with Crippen LogP contribution >= 0.6 is 18.7 Å². The van der Waals surface area contributed by atoms with Gasteiger partial charge >= 0.3 is 0 Å². The lowest BCUT2D eigenvalue weighted by atomic mass is 10.2. The predicted octanol–water partition coefficient (Wildman–Crippen LogP) is 7.64. The van der Waals surface area contributed by atoms with Crippen LogP contribution in [0.15, 0.2) is 155 Å². The van der Waals surface area contributed by atoms with Crippen molar-refractivity contribution >= 4 is 50.7 Å². The van der Waals surface area contributed by atoms with Gasteiger partial charge in [-0.2, -0.15) is 12.6 Å². The summed E-state index contributed by atoms with van der Waals surface area (Å²) in [6, 6.07) is 47.8. The number of sulfonamides is 1. The molecule has 0 bridgehead atoms. The highest BCUT2D eigenvalue weighted by Crippen LogP contribution is 2.48. The maximum atomic E-state index is 13.8. The normalized spacial score (nSPS) is 11.2. The monoisotopic (exact) mass is 566 g/mol. The van der Waals surface area contributed by atoms with Gasteiger partial charge in [-0.05, 0) is 54.2 Å². The Hall–Kier alpha value is -4.07. The van der Waals surface area contributed by atoms with Gasteiger partial charge in [0.05, 0.1) is 16.3 Å². The molecular formula is C32H24ClN2O2PS. The third kappa shape index (κ3) is 6.00. The zero-order valence-corrected chi connectivity index (χ0v) is 23.3. The highest BCUT2D eigenvalue weighted by atomic mass is 35.5. The summed E-state index contributed by atoms with van der Waals surface area (Å²) >= 11 is 6.04. The second-order valence-electron chi connectivity index (χ2n) is 8.55. The summed E-state index contributed by atoms with van der Waals surface area (Å²) in [5, 5.41) is 1.92. The fourth-order valence-electron chi connectivity index (χ4n) is 4.05. The molecule has 5 aromatic carbocycles. The lowest BCUT2D eigenvalue weighted by Gasteiger charge is -2.22. The first-order valence-corrected chi connectivity index (χ1v) is 15.7. The second kappa shape index (κ2) is 11.8. The van der Waals surface area contributed by atoms with Crippen molar-refractivity contribution in [2.24, 2.45) is 4.15 Å². The summed E-state index contributed by atoms with van der Waals surface area (Å²) in [5.41, 5.74) is 5.13. The first-order valence-electron chi connectivity index (χ1n) is 12.2. The second-order valence-corrected chi connectivity index (χ2v) is 13.6. The van der Waals surface area contributed by atoms with Gasteiger partial charge in [-0.3, -0.25) is 4.90 Å². The first kappa shape index (κ1) is 26.5. The number of hydrogen-bond acceptors (Lipinski definition) is 3. The van der Waals surface area contributed by atoms with Crippen LogP contribution in [0.4, 0.5) is 11.4 Å². The summed E-state index contributed by atoms with van der Waals surface area (Å²) in [4.78, 5) is 1.93. The van der Waals surface area contributed by atoms with Crippen LogP contribution < -0.4 is 15.5 Å². The van der Waals surface area contributed by atoms with Crippen molar-refractivity contribution in [1.29, 1.82) is 0 Å². The Morgan fingerprint density at radius 1 is 0.590 bits per heavy atom. The maximum absolute atomic E-state index is 13.8. The van der Waals surface area contributed by atoms with Gasteiger partial charge in [0.25, 0.3) is 10.0 Å². The van der Waals surface area contributed by atoms with Crippen LogP contribution in [0.5, 0.6) is 0 Å². The average molecular weight is 567 g/mol. The quantitative estimate of drug-likeness (QED) is 0.121. The summed E-state index contributed by atoms with van der Waals surface area (Å²) in [6.45, 7) is 0. The third-order valence-electron chi connectivity index (χ3n) is 5.95. The summed E-state index contributed by atoms with van der Waals surface area (Å²) in [5.74, 6) is 0. The molecule has 7 heteroatoms. The van der Waals surface area contributed by atoms with Crippen LogP contribution in [0.2, 0.25) is 5.02 Å². The van der Waals surface area contributed by atoms with Gasteiger partial charge in [0.1, 0.15) is 7.05 Å². The molecule has 39 heavy (non-hydrogen) atoms. The van der Waals surface area contributed by atoms with Crippen molar-refractivity contribution < 1.29 is 8.42 Å². The topological polar surface area (TPSA) is 49.7 Å². The van der Waals surface area contributed by atoms with Crippen LogP contribution in [-0.2, 0) is 10.0 Å². The van der Waals surface area contributed by atoms with Gasteiger partial charge in [0.2, 0.25) is 0 Å². The van der Waals surface area contributed by atoms with E-state index in [1.54, 1.807) is 12.1 Å². The van der Waals surface area contributed by atoms with Gasteiger partial charge in [-0.15, -0.1) is 0 Å². The molecule has 0 atom stereocenters. The van der Waals surface area contributed by atoms with Gasteiger partial charge in [0.15, 0.2) is 0 Å². The summed E-state index contributed by atoms with van der Waals surface area (Å²) in [7, 11) is -7.31. The zero-order valence-electron chi connectivity index (χ0n) is 20.8. The molecule has 0 amide bonds. The average Bonchev–Trinajstić information content (AvgIpc) is 2.99. The van der Waals surface area contributed by atoms with Crippen LogP contribution in [0, 0.1) is 11.7 Å². The molecule has 4 nitrogen and oxygen atoms in total. The van der Waals surface area contributed by atoms with Crippen molar-refractivity contribution in [3.8, 4) is 11.7 Å². The van der Waals surface area contributed by atoms with E-state index in [1.165, 1.54) is 12.1 Å². The number of benzene rings is 5. The Morgan fingerprint density at radius 2 is 1.00 bits per heavy atom. The number of nitrogens with zero attached hydrogens (tertiary/aromatic N) is 2. The number of rotatable bonds is 6. The molecule has 0 unspecified atom stereocenters. The minimum atomic E-state index is -4.11. The molecule has 0 aliphatic carbocycles. The van der Waals surface area contributed by atoms with Gasteiger partial charge in [-0.1, -0.05) is 109 Å². The molecule has 0 saturated heterocycles. The van der Waals surface area contributed by atoms with Crippen molar-refractivity contribution in [2.75, 3.05) is 4.90 Å². The molecule has 0 aliphatic heterocycles. The Kier molecular flexibility index (Phi) is 8.00. The molecule has 0 aliphatic rings. The minimum absolute atomic E-state index is 0.0629. The molecule has 0 heterocycles. The Bertz CT molecular complexity index is 1690. The largest absolute Gasteiger partial charge is 0.282 e. The Balaban J connectivity index is 1.83. The lowest BCUT2D eigenvalue weighted by Crippen LogP contribution is -2.17. The van der Waals surface area contributed by atoms with E-state index in [1.807, 2.05) is 126 Å². The third-order valence-corrected chi connectivity index (χ3v) is 11.4. The molecule has 192 valence electrons. The van der Waals surface area contributed by atoms with E-state index in [4.69, 9.17) is 11.6 Å². The molecule has 5 aromatic rings. The number of para-hydroxylation sites is 2. The molecule has 0 radical (unpaired) electrons. The fourth-order valence-corrected chi connectivity index (χ4v) is 9.25. The highest BCUT2D eigenvalue weighted by Gasteiger charge is 2.28. The molecule has 0 spiro atoms. The van der Waals surface area contributed by atoms with Crippen molar-refractivity contribution in [3.05, 3.63) is 151 Å². The highest BCUT2D eigenvalue weighted by molar-refractivity contribution is 7.98. The summed E-state index contributed by atoms with van der Waals surface area (Å²) in [6.07, 6.45) is 0. The molecule has 0 aromatic heterocycles. The summed E-state index contributed by atoms with van der Waals surface area (Å²) < 4.78 is 32.3. The molecule has 0 saturated carbocycles. The Labute approximate surface area is 234 Å². The van der Waals surface area contributed by atoms with Gasteiger partial charge in [0, 0.05) is 21.7 Å². The van der Waals surface area contributed by atoms with E-state index in [-0.39, 0.29) is 4.90 Å². The van der Waals surface area contributed by atoms with Crippen molar-refractivity contribution in [3.63, 3.8) is 0 Å². The number of hydrogen-bond donors (Lipinski definition) is 0. The lowest BCUT2D eigenvalue weighted by molar-refractivity contribution is 0.598. The number of anilines is 2. The predicted molar refractivity (Wildman–Crippen MR) is 163 cm³/mol. The fraction of sp³-hybridized carbons (Fsp3) is 0. The molecule has 5 rings (SSSR count). The smallest absolute Gasteiger partial charge is 0.270 e. The van der Waals surface area contributed by atoms with Gasteiger partial charge in [-0.25, -0.2) is 0 Å². The standard InChI is InChI=1S/C32H24ClN2O2PS/c33-27-21-23-32(24-22-27)39(36,37)34-38(30-17-9-3-10-18-30,31-19-11-4-12-20-31)26-25-35(28-13-5-1-6-14-28)29-15-7-2-8-16-29/h1-24H. The van der Waals surface area contributed by atoms with E-state index in [9.17, 15) is 8.42 Å². The van der Waals surface area contributed by atoms with Crippen LogP contribution in [0.3, 0.4) is 0 Å². The van der Waals surface area contributed by atoms with Crippen molar-refractivity contribution in [1.82, 2.24) is 0 Å². The van der Waals surface area contributed by atoms with E-state index >= 15 is 0 Å². The van der Waals surface area contributed by atoms with Crippen LogP contribution in [-0.4, -0.2) is 8.42 Å². The van der Waals surface area contributed by atoms with Crippen LogP contribution in [0.1, 0.15) is 0 Å². The SMILES string of the molecule is O=S(=O)(N=P(C#CN(c1ccccc1)c1ccccc1)(c1ccccc1)c1ccccc1)c1ccc(Cl)cc1. The van der Waals surface area contributed by atoms with E-state index in [0.29, 0.717) is 5.02 Å². The molecule has 0 fully saturated rings. The zero-order chi connectivity index (χ0) is 27.1. The number of halogens is 1. The molecule has 0 N–H and O–H groups in total.